The minimum absolute atomic E-state index is 0. The van der Waals surface area contributed by atoms with E-state index in [1.807, 2.05) is 6.92 Å². The van der Waals surface area contributed by atoms with Gasteiger partial charge in [-0.1, -0.05) is 11.6 Å². The molecular formula is C17H22Cl2FN3O3. The summed E-state index contributed by atoms with van der Waals surface area (Å²) in [7, 11) is 0. The molecule has 1 aromatic carbocycles. The van der Waals surface area contributed by atoms with Crippen molar-refractivity contribution in [3.63, 3.8) is 0 Å². The first-order valence-corrected chi connectivity index (χ1v) is 8.73. The van der Waals surface area contributed by atoms with Crippen molar-refractivity contribution in [3.05, 3.63) is 34.6 Å². The summed E-state index contributed by atoms with van der Waals surface area (Å²) in [6.07, 6.45) is -0.177. The summed E-state index contributed by atoms with van der Waals surface area (Å²) in [6.45, 7) is 4.70. The molecule has 2 aliphatic heterocycles. The second-order valence-electron chi connectivity index (χ2n) is 6.25. The Balaban J connectivity index is 0.00000243. The van der Waals surface area contributed by atoms with Gasteiger partial charge in [0.15, 0.2) is 0 Å². The maximum absolute atomic E-state index is 13.9. The fourth-order valence-electron chi connectivity index (χ4n) is 3.17. The number of hydrogen-bond acceptors (Lipinski definition) is 4. The lowest BCUT2D eigenvalue weighted by molar-refractivity contribution is -0.140. The molecule has 1 N–H and O–H groups in total. The number of rotatable bonds is 2. The molecule has 0 aliphatic carbocycles. The fraction of sp³-hybridized carbons (Fsp3) is 0.529. The van der Waals surface area contributed by atoms with Gasteiger partial charge in [-0.25, -0.2) is 4.39 Å². The molecule has 1 aromatic rings. The first kappa shape index (κ1) is 20.9. The lowest BCUT2D eigenvalue weighted by Gasteiger charge is -2.38. The standard InChI is InChI=1S/C17H21ClFN3O3.ClH/c1-11-15(20-4-9-25-11)17(24)22-7-5-21(6-8-22)16(23)13-3-2-12(18)10-14(13)19;/h2-3,10-11,15,20H,4-9H2,1H3;1H/t11-,15+;/m1./s1. The number of nitrogens with zero attached hydrogens (tertiary/aromatic N) is 2. The molecule has 2 heterocycles. The van der Waals surface area contributed by atoms with Crippen LogP contribution in [0, 0.1) is 5.82 Å². The number of morpholine rings is 1. The Hall–Kier alpha value is -1.41. The number of ether oxygens (including phenoxy) is 1. The maximum atomic E-state index is 13.9. The molecule has 0 radical (unpaired) electrons. The van der Waals surface area contributed by atoms with Crippen molar-refractivity contribution >= 4 is 35.8 Å². The van der Waals surface area contributed by atoms with Crippen molar-refractivity contribution in [2.24, 2.45) is 0 Å². The molecule has 0 unspecified atom stereocenters. The summed E-state index contributed by atoms with van der Waals surface area (Å²) < 4.78 is 19.4. The zero-order valence-corrected chi connectivity index (χ0v) is 16.0. The van der Waals surface area contributed by atoms with Crippen molar-refractivity contribution in [1.29, 1.82) is 0 Å². The van der Waals surface area contributed by atoms with Crippen LogP contribution in [0.3, 0.4) is 0 Å². The predicted octanol–water partition coefficient (Wildman–Crippen LogP) is 1.56. The Morgan fingerprint density at radius 1 is 1.23 bits per heavy atom. The molecule has 2 fully saturated rings. The number of carbonyl (C=O) groups excluding carboxylic acids is 2. The third-order valence-corrected chi connectivity index (χ3v) is 4.86. The summed E-state index contributed by atoms with van der Waals surface area (Å²) in [4.78, 5) is 28.4. The lowest BCUT2D eigenvalue weighted by atomic mass is 10.1. The van der Waals surface area contributed by atoms with Crippen molar-refractivity contribution < 1.29 is 18.7 Å². The molecule has 2 aliphatic rings. The SMILES string of the molecule is C[C@H]1OCCN[C@@H]1C(=O)N1CCN(C(=O)c2ccc(Cl)cc2F)CC1.Cl. The number of hydrogen-bond donors (Lipinski definition) is 1. The van der Waals surface area contributed by atoms with E-state index in [0.717, 1.165) is 6.07 Å². The van der Waals surface area contributed by atoms with Crippen molar-refractivity contribution in [1.82, 2.24) is 15.1 Å². The Labute approximate surface area is 163 Å². The number of amides is 2. The normalized spacial score (nSPS) is 23.3. The topological polar surface area (TPSA) is 61.9 Å². The smallest absolute Gasteiger partial charge is 0.256 e. The third kappa shape index (κ3) is 4.46. The minimum atomic E-state index is -0.631. The highest BCUT2D eigenvalue weighted by Gasteiger charge is 2.34. The molecule has 0 spiro atoms. The van der Waals surface area contributed by atoms with Gasteiger partial charge in [-0.2, -0.15) is 0 Å². The van der Waals surface area contributed by atoms with Crippen LogP contribution >= 0.6 is 24.0 Å². The highest BCUT2D eigenvalue weighted by atomic mass is 35.5. The largest absolute Gasteiger partial charge is 0.375 e. The number of benzene rings is 1. The summed E-state index contributed by atoms with van der Waals surface area (Å²) in [5.41, 5.74) is 0.000135. The van der Waals surface area contributed by atoms with Crippen LogP contribution < -0.4 is 5.32 Å². The first-order valence-electron chi connectivity index (χ1n) is 8.35. The first-order chi connectivity index (χ1) is 12.0. The molecule has 26 heavy (non-hydrogen) atoms. The van der Waals surface area contributed by atoms with E-state index in [1.54, 1.807) is 9.80 Å². The van der Waals surface area contributed by atoms with Crippen LogP contribution in [0.1, 0.15) is 17.3 Å². The molecule has 0 bridgehead atoms. The number of nitrogens with one attached hydrogen (secondary N) is 1. The van der Waals surface area contributed by atoms with E-state index in [-0.39, 0.29) is 47.0 Å². The average Bonchev–Trinajstić information content (AvgIpc) is 2.61. The Morgan fingerprint density at radius 3 is 2.50 bits per heavy atom. The number of halogens is 3. The van der Waals surface area contributed by atoms with Gasteiger partial charge in [0, 0.05) is 37.7 Å². The number of piperazine rings is 1. The quantitative estimate of drug-likeness (QED) is 0.810. The van der Waals surface area contributed by atoms with E-state index in [1.165, 1.54) is 12.1 Å². The van der Waals surface area contributed by atoms with Crippen LogP contribution in [0.2, 0.25) is 5.02 Å². The molecule has 0 saturated carbocycles. The Morgan fingerprint density at radius 2 is 1.88 bits per heavy atom. The molecule has 2 amide bonds. The second-order valence-corrected chi connectivity index (χ2v) is 6.69. The summed E-state index contributed by atoms with van der Waals surface area (Å²) in [6, 6.07) is 3.66. The molecule has 2 saturated heterocycles. The molecule has 6 nitrogen and oxygen atoms in total. The molecule has 144 valence electrons. The lowest BCUT2D eigenvalue weighted by Crippen LogP contribution is -2.60. The van der Waals surface area contributed by atoms with Gasteiger partial charge in [-0.05, 0) is 25.1 Å². The highest BCUT2D eigenvalue weighted by molar-refractivity contribution is 6.30. The van der Waals surface area contributed by atoms with Crippen molar-refractivity contribution in [3.8, 4) is 0 Å². The van der Waals surface area contributed by atoms with Gasteiger partial charge in [0.25, 0.3) is 5.91 Å². The molecule has 0 aromatic heterocycles. The van der Waals surface area contributed by atoms with Gasteiger partial charge in [-0.15, -0.1) is 12.4 Å². The second kappa shape index (κ2) is 8.99. The molecule has 3 rings (SSSR count). The van der Waals surface area contributed by atoms with Gasteiger partial charge in [0.05, 0.1) is 18.3 Å². The maximum Gasteiger partial charge on any atom is 0.256 e. The predicted molar refractivity (Wildman–Crippen MR) is 98.3 cm³/mol. The van der Waals surface area contributed by atoms with Crippen LogP contribution in [-0.2, 0) is 9.53 Å². The van der Waals surface area contributed by atoms with Gasteiger partial charge >= 0.3 is 0 Å². The van der Waals surface area contributed by atoms with Gasteiger partial charge in [0.1, 0.15) is 11.9 Å². The van der Waals surface area contributed by atoms with Crippen LogP contribution in [0.15, 0.2) is 18.2 Å². The van der Waals surface area contributed by atoms with Gasteiger partial charge in [0.2, 0.25) is 5.91 Å². The van der Waals surface area contributed by atoms with E-state index < -0.39 is 5.82 Å². The third-order valence-electron chi connectivity index (χ3n) is 4.62. The molecular weight excluding hydrogens is 384 g/mol. The fourth-order valence-corrected chi connectivity index (χ4v) is 3.33. The zero-order chi connectivity index (χ0) is 18.0. The van der Waals surface area contributed by atoms with Crippen LogP contribution in [0.25, 0.3) is 0 Å². The van der Waals surface area contributed by atoms with Crippen LogP contribution in [0.5, 0.6) is 0 Å². The zero-order valence-electron chi connectivity index (χ0n) is 14.4. The van der Waals surface area contributed by atoms with Crippen molar-refractivity contribution in [2.45, 2.75) is 19.1 Å². The van der Waals surface area contributed by atoms with E-state index in [2.05, 4.69) is 5.32 Å². The van der Waals surface area contributed by atoms with E-state index in [0.29, 0.717) is 39.3 Å². The Bertz CT molecular complexity index is 669. The minimum Gasteiger partial charge on any atom is -0.375 e. The number of carbonyl (C=O) groups is 2. The van der Waals surface area contributed by atoms with E-state index in [4.69, 9.17) is 16.3 Å². The van der Waals surface area contributed by atoms with Crippen LogP contribution in [0.4, 0.5) is 4.39 Å². The van der Waals surface area contributed by atoms with E-state index >= 15 is 0 Å². The van der Waals surface area contributed by atoms with Gasteiger partial charge < -0.3 is 19.9 Å². The summed E-state index contributed by atoms with van der Waals surface area (Å²) >= 11 is 5.72. The van der Waals surface area contributed by atoms with Crippen LogP contribution in [-0.4, -0.2) is 73.1 Å². The van der Waals surface area contributed by atoms with Gasteiger partial charge in [-0.3, -0.25) is 9.59 Å². The van der Waals surface area contributed by atoms with E-state index in [9.17, 15) is 14.0 Å². The molecule has 9 heteroatoms. The Kier molecular flexibility index (Phi) is 7.23. The average molecular weight is 406 g/mol. The molecule has 2 atom stereocenters. The highest BCUT2D eigenvalue weighted by Crippen LogP contribution is 2.18. The summed E-state index contributed by atoms with van der Waals surface area (Å²) in [5, 5.41) is 3.43. The monoisotopic (exact) mass is 405 g/mol. The summed E-state index contributed by atoms with van der Waals surface area (Å²) in [5.74, 6) is -1.03. The van der Waals surface area contributed by atoms with Crippen molar-refractivity contribution in [2.75, 3.05) is 39.3 Å².